The van der Waals surface area contributed by atoms with Gasteiger partial charge >= 0.3 is 0 Å². The van der Waals surface area contributed by atoms with Crippen LogP contribution in [0.3, 0.4) is 0 Å². The maximum absolute atomic E-state index is 12.7. The third-order valence-electron chi connectivity index (χ3n) is 5.38. The lowest BCUT2D eigenvalue weighted by Crippen LogP contribution is -2.60. The quantitative estimate of drug-likeness (QED) is 0.302. The molecular weight excluding hydrogens is 440 g/mol. The molecule has 4 rings (SSSR count). The summed E-state index contributed by atoms with van der Waals surface area (Å²) in [5.41, 5.74) is -0.644. The van der Waals surface area contributed by atoms with Crippen LogP contribution in [0.25, 0.3) is 22.3 Å². The first kappa shape index (κ1) is 22.8. The van der Waals surface area contributed by atoms with Gasteiger partial charge in [-0.3, -0.25) is 4.79 Å². The maximum Gasteiger partial charge on any atom is 0.238 e. The van der Waals surface area contributed by atoms with Crippen molar-refractivity contribution >= 4 is 11.0 Å². The number of benzene rings is 2. The van der Waals surface area contributed by atoms with Gasteiger partial charge in [-0.05, 0) is 24.3 Å². The van der Waals surface area contributed by atoms with E-state index < -0.39 is 54.2 Å². The second-order valence-electron chi connectivity index (χ2n) is 7.47. The van der Waals surface area contributed by atoms with Gasteiger partial charge in [-0.2, -0.15) is 0 Å². The number of aliphatic hydroxyl groups is 4. The third kappa shape index (κ3) is 4.08. The van der Waals surface area contributed by atoms with Crippen molar-refractivity contribution in [1.82, 2.24) is 0 Å². The Morgan fingerprint density at radius 1 is 0.970 bits per heavy atom. The predicted octanol–water partition coefficient (Wildman–Crippen LogP) is 0.0585. The Labute approximate surface area is 186 Å². The Balaban J connectivity index is 1.74. The summed E-state index contributed by atoms with van der Waals surface area (Å²) in [6, 6.07) is 8.61. The molecule has 2 aromatic carbocycles. The number of fused-ring (bicyclic) bond motifs is 1. The summed E-state index contributed by atoms with van der Waals surface area (Å²) in [6.07, 6.45) is -7.61. The molecule has 0 unspecified atom stereocenters. The number of aliphatic hydroxyl groups excluding tert-OH is 4. The van der Waals surface area contributed by atoms with Gasteiger partial charge in [-0.1, -0.05) is 0 Å². The molecule has 0 radical (unpaired) electrons. The molecule has 0 bridgehead atoms. The van der Waals surface area contributed by atoms with Gasteiger partial charge in [-0.15, -0.1) is 0 Å². The molecule has 0 aliphatic carbocycles. The molecule has 5 atom stereocenters. The fourth-order valence-electron chi connectivity index (χ4n) is 3.57. The monoisotopic (exact) mass is 462 g/mol. The van der Waals surface area contributed by atoms with Crippen LogP contribution >= 0.6 is 0 Å². The first-order valence-corrected chi connectivity index (χ1v) is 9.89. The lowest BCUT2D eigenvalue weighted by Gasteiger charge is -2.39. The third-order valence-corrected chi connectivity index (χ3v) is 5.38. The summed E-state index contributed by atoms with van der Waals surface area (Å²) in [6.45, 7) is -0.646. The molecular formula is C22H22O11. The largest absolute Gasteiger partial charge is 0.507 e. The van der Waals surface area contributed by atoms with E-state index in [2.05, 4.69) is 0 Å². The van der Waals surface area contributed by atoms with E-state index in [4.69, 9.17) is 18.6 Å². The Morgan fingerprint density at radius 2 is 1.67 bits per heavy atom. The molecule has 6 N–H and O–H groups in total. The molecule has 1 aromatic heterocycles. The van der Waals surface area contributed by atoms with E-state index in [0.717, 1.165) is 6.07 Å². The average molecular weight is 462 g/mol. The molecule has 11 nitrogen and oxygen atoms in total. The highest BCUT2D eigenvalue weighted by molar-refractivity contribution is 5.88. The molecule has 0 spiro atoms. The van der Waals surface area contributed by atoms with E-state index in [1.54, 1.807) is 24.3 Å². The van der Waals surface area contributed by atoms with Gasteiger partial charge in [0.1, 0.15) is 52.6 Å². The number of rotatable bonds is 5. The van der Waals surface area contributed by atoms with E-state index in [1.165, 1.54) is 13.2 Å². The summed E-state index contributed by atoms with van der Waals surface area (Å²) in [4.78, 5) is 12.7. The summed E-state index contributed by atoms with van der Waals surface area (Å²) in [5.74, 6) is -0.990. The zero-order valence-electron chi connectivity index (χ0n) is 17.3. The van der Waals surface area contributed by atoms with Crippen molar-refractivity contribution in [3.05, 3.63) is 46.6 Å². The summed E-state index contributed by atoms with van der Waals surface area (Å²) in [5, 5.41) is 59.7. The highest BCUT2D eigenvalue weighted by Gasteiger charge is 2.44. The number of phenols is 1. The van der Waals surface area contributed by atoms with E-state index >= 15 is 0 Å². The van der Waals surface area contributed by atoms with Crippen molar-refractivity contribution in [2.45, 2.75) is 30.7 Å². The minimum Gasteiger partial charge on any atom is -0.507 e. The van der Waals surface area contributed by atoms with Crippen LogP contribution in [0.15, 0.2) is 45.6 Å². The van der Waals surface area contributed by atoms with E-state index in [-0.39, 0.29) is 22.5 Å². The van der Waals surface area contributed by atoms with Crippen LogP contribution in [0.4, 0.5) is 0 Å². The zero-order chi connectivity index (χ0) is 23.9. The van der Waals surface area contributed by atoms with Crippen molar-refractivity contribution in [1.29, 1.82) is 0 Å². The molecule has 1 saturated heterocycles. The number of aromatic hydroxyl groups is 2. The van der Waals surface area contributed by atoms with E-state index in [0.29, 0.717) is 11.3 Å². The fraction of sp³-hybridized carbons (Fsp3) is 0.318. The minimum atomic E-state index is -1.68. The fourth-order valence-corrected chi connectivity index (χ4v) is 3.57. The van der Waals surface area contributed by atoms with Gasteiger partial charge in [0.05, 0.1) is 13.7 Å². The van der Waals surface area contributed by atoms with Crippen LogP contribution in [0, 0.1) is 0 Å². The number of ether oxygens (including phenoxy) is 3. The maximum atomic E-state index is 12.7. The second kappa shape index (κ2) is 8.89. The minimum absolute atomic E-state index is 0.112. The van der Waals surface area contributed by atoms with Crippen LogP contribution in [0.5, 0.6) is 23.0 Å². The van der Waals surface area contributed by atoms with Gasteiger partial charge in [0.15, 0.2) is 5.76 Å². The normalized spacial score (nSPS) is 25.2. The van der Waals surface area contributed by atoms with Crippen LogP contribution in [-0.2, 0) is 4.74 Å². The van der Waals surface area contributed by atoms with Crippen molar-refractivity contribution < 1.29 is 49.3 Å². The molecule has 1 aliphatic rings. The lowest BCUT2D eigenvalue weighted by atomic mass is 9.99. The van der Waals surface area contributed by atoms with Gasteiger partial charge in [0.2, 0.25) is 17.5 Å². The Hall–Kier alpha value is -3.35. The van der Waals surface area contributed by atoms with Gasteiger partial charge < -0.3 is 49.3 Å². The Bertz CT molecular complexity index is 1200. The second-order valence-corrected chi connectivity index (χ2v) is 7.47. The molecule has 2 heterocycles. The standard InChI is InChI=1S/C22H22O11/c1-30-10-4-2-9(3-5-10)21-19(28)17(26)15-12(24)6-11(7-13(15)32-21)31-22-20(29)18(27)16(25)14(8-23)33-22/h2-7,14,16,18,20,22-25,27-29H,8H2,1H3/t14-,16+,18-,20-,22+/m1/s1. The average Bonchev–Trinajstić information content (AvgIpc) is 2.81. The van der Waals surface area contributed by atoms with Crippen molar-refractivity contribution in [2.75, 3.05) is 13.7 Å². The molecule has 1 fully saturated rings. The molecule has 33 heavy (non-hydrogen) atoms. The van der Waals surface area contributed by atoms with Gasteiger partial charge in [0, 0.05) is 17.7 Å². The number of phenolic OH excluding ortho intramolecular Hbond substituents is 1. The molecule has 3 aromatic rings. The molecule has 1 aliphatic heterocycles. The van der Waals surface area contributed by atoms with Crippen molar-refractivity contribution in [2.24, 2.45) is 0 Å². The number of hydrogen-bond donors (Lipinski definition) is 6. The molecule has 0 saturated carbocycles. The van der Waals surface area contributed by atoms with Crippen LogP contribution in [0.2, 0.25) is 0 Å². The predicted molar refractivity (Wildman–Crippen MR) is 112 cm³/mol. The summed E-state index contributed by atoms with van der Waals surface area (Å²) in [7, 11) is 1.49. The molecule has 11 heteroatoms. The molecule has 176 valence electrons. The highest BCUT2D eigenvalue weighted by Crippen LogP contribution is 2.36. The van der Waals surface area contributed by atoms with Gasteiger partial charge in [-0.25, -0.2) is 0 Å². The van der Waals surface area contributed by atoms with Crippen LogP contribution in [-0.4, -0.2) is 75.1 Å². The molecule has 0 amide bonds. The summed E-state index contributed by atoms with van der Waals surface area (Å²) < 4.78 is 21.6. The Kier molecular flexibility index (Phi) is 6.15. The Morgan fingerprint density at radius 3 is 2.30 bits per heavy atom. The first-order chi connectivity index (χ1) is 15.7. The lowest BCUT2D eigenvalue weighted by molar-refractivity contribution is -0.277. The smallest absolute Gasteiger partial charge is 0.238 e. The SMILES string of the molecule is COc1ccc(-c2oc3cc(O[C@H]4O[C@H](CO)[C@H](O)[C@@H](O)[C@H]4O)cc(O)c3c(=O)c2O)cc1. The number of methoxy groups -OCH3 is 1. The van der Waals surface area contributed by atoms with Gasteiger partial charge in [0.25, 0.3) is 0 Å². The topological polar surface area (TPSA) is 179 Å². The first-order valence-electron chi connectivity index (χ1n) is 9.89. The number of hydrogen-bond acceptors (Lipinski definition) is 11. The van der Waals surface area contributed by atoms with E-state index in [9.17, 15) is 35.4 Å². The van der Waals surface area contributed by atoms with Crippen LogP contribution in [0.1, 0.15) is 0 Å². The summed E-state index contributed by atoms with van der Waals surface area (Å²) >= 11 is 0. The van der Waals surface area contributed by atoms with Crippen molar-refractivity contribution in [3.8, 4) is 34.3 Å². The highest BCUT2D eigenvalue weighted by atomic mass is 16.7. The van der Waals surface area contributed by atoms with Crippen molar-refractivity contribution in [3.63, 3.8) is 0 Å². The van der Waals surface area contributed by atoms with E-state index in [1.807, 2.05) is 0 Å². The zero-order valence-corrected chi connectivity index (χ0v) is 17.3. The van der Waals surface area contributed by atoms with Crippen LogP contribution < -0.4 is 14.9 Å².